The predicted octanol–water partition coefficient (Wildman–Crippen LogP) is 1.78. The van der Waals surface area contributed by atoms with E-state index in [0.29, 0.717) is 5.69 Å². The van der Waals surface area contributed by atoms with Gasteiger partial charge in [-0.1, -0.05) is 12.1 Å². The number of nitrogen functional groups attached to an aromatic ring is 1. The molecular formula is C13H16N4O2S. The lowest BCUT2D eigenvalue weighted by Gasteiger charge is -2.12. The quantitative estimate of drug-likeness (QED) is 0.589. The topological polar surface area (TPSA) is 97.1 Å². The molecule has 20 heavy (non-hydrogen) atoms. The van der Waals surface area contributed by atoms with Crippen LogP contribution in [0, 0.1) is 13.8 Å². The molecule has 0 bridgehead atoms. The van der Waals surface area contributed by atoms with Crippen LogP contribution in [-0.4, -0.2) is 13.4 Å². The van der Waals surface area contributed by atoms with Gasteiger partial charge in [0.05, 0.1) is 5.69 Å². The molecule has 0 aliphatic heterocycles. The smallest absolute Gasteiger partial charge is 0.265 e. The summed E-state index contributed by atoms with van der Waals surface area (Å²) in [6.45, 7) is 3.68. The minimum Gasteiger partial charge on any atom is -0.323 e. The van der Waals surface area contributed by atoms with Crippen LogP contribution < -0.4 is 16.0 Å². The van der Waals surface area contributed by atoms with Gasteiger partial charge in [0.25, 0.3) is 10.0 Å². The van der Waals surface area contributed by atoms with E-state index in [-0.39, 0.29) is 10.7 Å². The van der Waals surface area contributed by atoms with E-state index in [1.54, 1.807) is 31.2 Å². The highest BCUT2D eigenvalue weighted by Crippen LogP contribution is 2.22. The van der Waals surface area contributed by atoms with Crippen LogP contribution in [0.25, 0.3) is 0 Å². The van der Waals surface area contributed by atoms with Crippen molar-refractivity contribution in [1.82, 2.24) is 4.98 Å². The first-order valence-corrected chi connectivity index (χ1v) is 7.44. The van der Waals surface area contributed by atoms with Crippen LogP contribution in [0.15, 0.2) is 41.3 Å². The molecule has 0 amide bonds. The van der Waals surface area contributed by atoms with Gasteiger partial charge in [-0.05, 0) is 43.7 Å². The molecule has 0 spiro atoms. The standard InChI is InChI=1S/C13H16N4O2S/c1-9-7-10(2)15-13(8-9)17-20(18,19)12-6-4-3-5-11(12)16-14/h3-8,16H,14H2,1-2H3,(H,15,17). The van der Waals surface area contributed by atoms with Gasteiger partial charge in [-0.3, -0.25) is 10.6 Å². The van der Waals surface area contributed by atoms with Crippen molar-refractivity contribution in [2.24, 2.45) is 5.84 Å². The number of nitrogens with one attached hydrogen (secondary N) is 2. The molecule has 0 aliphatic carbocycles. The number of pyridine rings is 1. The number of aryl methyl sites for hydroxylation is 2. The highest BCUT2D eigenvalue weighted by atomic mass is 32.2. The largest absolute Gasteiger partial charge is 0.323 e. The lowest BCUT2D eigenvalue weighted by Crippen LogP contribution is -2.18. The Bertz CT molecular complexity index is 709. The van der Waals surface area contributed by atoms with Gasteiger partial charge in [-0.15, -0.1) is 0 Å². The van der Waals surface area contributed by atoms with Gasteiger partial charge in [-0.2, -0.15) is 0 Å². The van der Waals surface area contributed by atoms with Crippen molar-refractivity contribution in [1.29, 1.82) is 0 Å². The first kappa shape index (κ1) is 14.3. The molecular weight excluding hydrogens is 276 g/mol. The number of sulfonamides is 1. The van der Waals surface area contributed by atoms with Crippen LogP contribution in [0.2, 0.25) is 0 Å². The van der Waals surface area contributed by atoms with E-state index < -0.39 is 10.0 Å². The van der Waals surface area contributed by atoms with E-state index in [0.717, 1.165) is 11.3 Å². The molecule has 1 aromatic carbocycles. The lowest BCUT2D eigenvalue weighted by molar-refractivity contribution is 0.601. The molecule has 106 valence electrons. The highest BCUT2D eigenvalue weighted by molar-refractivity contribution is 7.92. The number of nitrogens with two attached hydrogens (primary N) is 1. The Morgan fingerprint density at radius 1 is 1.15 bits per heavy atom. The van der Waals surface area contributed by atoms with E-state index in [9.17, 15) is 8.42 Å². The Hall–Kier alpha value is -2.12. The summed E-state index contributed by atoms with van der Waals surface area (Å²) >= 11 is 0. The van der Waals surface area contributed by atoms with Gasteiger partial charge in [0.1, 0.15) is 10.7 Å². The number of hydrazine groups is 1. The maximum absolute atomic E-state index is 12.4. The molecule has 0 saturated carbocycles. The molecule has 2 rings (SSSR count). The van der Waals surface area contributed by atoms with Gasteiger partial charge in [0, 0.05) is 5.69 Å². The van der Waals surface area contributed by atoms with Crippen molar-refractivity contribution in [2.45, 2.75) is 18.7 Å². The summed E-state index contributed by atoms with van der Waals surface area (Å²) in [7, 11) is -3.74. The summed E-state index contributed by atoms with van der Waals surface area (Å²) in [5.74, 6) is 5.62. The fourth-order valence-electron chi connectivity index (χ4n) is 1.91. The molecule has 1 heterocycles. The van der Waals surface area contributed by atoms with Crippen LogP contribution >= 0.6 is 0 Å². The molecule has 0 atom stereocenters. The van der Waals surface area contributed by atoms with Gasteiger partial charge in [0.2, 0.25) is 0 Å². The second-order valence-electron chi connectivity index (χ2n) is 4.42. The third kappa shape index (κ3) is 3.06. The molecule has 0 radical (unpaired) electrons. The second-order valence-corrected chi connectivity index (χ2v) is 6.07. The Morgan fingerprint density at radius 2 is 1.85 bits per heavy atom. The number of aromatic nitrogens is 1. The molecule has 0 fully saturated rings. The average Bonchev–Trinajstić information content (AvgIpc) is 2.36. The van der Waals surface area contributed by atoms with Crippen molar-refractivity contribution >= 4 is 21.5 Å². The number of hydrogen-bond donors (Lipinski definition) is 3. The van der Waals surface area contributed by atoms with Crippen LogP contribution in [0.5, 0.6) is 0 Å². The number of rotatable bonds is 4. The highest BCUT2D eigenvalue weighted by Gasteiger charge is 2.18. The minimum absolute atomic E-state index is 0.0726. The summed E-state index contributed by atoms with van der Waals surface area (Å²) < 4.78 is 27.2. The normalized spacial score (nSPS) is 11.2. The first-order chi connectivity index (χ1) is 9.42. The summed E-state index contributed by atoms with van der Waals surface area (Å²) in [5.41, 5.74) is 4.37. The molecule has 4 N–H and O–H groups in total. The summed E-state index contributed by atoms with van der Waals surface area (Å²) in [6.07, 6.45) is 0. The predicted molar refractivity (Wildman–Crippen MR) is 78.8 cm³/mol. The van der Waals surface area contributed by atoms with Crippen molar-refractivity contribution < 1.29 is 8.42 Å². The number of anilines is 2. The van der Waals surface area contributed by atoms with Crippen LogP contribution in [-0.2, 0) is 10.0 Å². The molecule has 0 unspecified atom stereocenters. The third-order valence-corrected chi connectivity index (χ3v) is 4.08. The zero-order chi connectivity index (χ0) is 14.8. The van der Waals surface area contributed by atoms with Crippen molar-refractivity contribution in [3.8, 4) is 0 Å². The molecule has 6 nitrogen and oxygen atoms in total. The van der Waals surface area contributed by atoms with Gasteiger partial charge in [-0.25, -0.2) is 13.4 Å². The molecule has 7 heteroatoms. The van der Waals surface area contributed by atoms with E-state index in [4.69, 9.17) is 5.84 Å². The number of hydrogen-bond acceptors (Lipinski definition) is 5. The number of para-hydroxylation sites is 1. The van der Waals surface area contributed by atoms with Crippen molar-refractivity contribution in [2.75, 3.05) is 10.1 Å². The third-order valence-electron chi connectivity index (χ3n) is 2.67. The summed E-state index contributed by atoms with van der Waals surface area (Å²) in [4.78, 5) is 4.23. The zero-order valence-electron chi connectivity index (χ0n) is 11.2. The van der Waals surface area contributed by atoms with Gasteiger partial charge in [0.15, 0.2) is 0 Å². The van der Waals surface area contributed by atoms with Gasteiger partial charge < -0.3 is 5.43 Å². The SMILES string of the molecule is Cc1cc(C)nc(NS(=O)(=O)c2ccccc2NN)c1. The fraction of sp³-hybridized carbons (Fsp3) is 0.154. The summed E-state index contributed by atoms with van der Waals surface area (Å²) in [6, 6.07) is 9.92. The Balaban J connectivity index is 2.41. The van der Waals surface area contributed by atoms with Crippen LogP contribution in [0.4, 0.5) is 11.5 Å². The van der Waals surface area contributed by atoms with Crippen LogP contribution in [0.3, 0.4) is 0 Å². The fourth-order valence-corrected chi connectivity index (χ4v) is 3.07. The lowest BCUT2D eigenvalue weighted by atomic mass is 10.2. The van der Waals surface area contributed by atoms with E-state index in [1.165, 1.54) is 6.07 Å². The van der Waals surface area contributed by atoms with E-state index in [1.807, 2.05) is 13.0 Å². The number of nitrogens with zero attached hydrogens (tertiary/aromatic N) is 1. The minimum atomic E-state index is -3.74. The maximum Gasteiger partial charge on any atom is 0.265 e. The second kappa shape index (κ2) is 5.48. The van der Waals surface area contributed by atoms with Crippen molar-refractivity contribution in [3.63, 3.8) is 0 Å². The molecule has 0 aliphatic rings. The van der Waals surface area contributed by atoms with E-state index >= 15 is 0 Å². The van der Waals surface area contributed by atoms with Crippen molar-refractivity contribution in [3.05, 3.63) is 47.7 Å². The zero-order valence-corrected chi connectivity index (χ0v) is 12.0. The van der Waals surface area contributed by atoms with E-state index in [2.05, 4.69) is 15.1 Å². The Morgan fingerprint density at radius 3 is 2.50 bits per heavy atom. The number of benzene rings is 1. The monoisotopic (exact) mass is 292 g/mol. The maximum atomic E-state index is 12.4. The van der Waals surface area contributed by atoms with Crippen LogP contribution in [0.1, 0.15) is 11.3 Å². The Labute approximate surface area is 118 Å². The Kier molecular flexibility index (Phi) is 3.91. The summed E-state index contributed by atoms with van der Waals surface area (Å²) in [5, 5.41) is 0. The molecule has 2 aromatic rings. The van der Waals surface area contributed by atoms with Gasteiger partial charge >= 0.3 is 0 Å². The average molecular weight is 292 g/mol. The molecule has 0 saturated heterocycles. The first-order valence-electron chi connectivity index (χ1n) is 5.96. The molecule has 1 aromatic heterocycles.